The van der Waals surface area contributed by atoms with Crippen LogP contribution in [0, 0.1) is 58.2 Å². The van der Waals surface area contributed by atoms with E-state index in [2.05, 4.69) is 131 Å². The Labute approximate surface area is 860 Å². The topological polar surface area (TPSA) is 874 Å². The van der Waals surface area contributed by atoms with Gasteiger partial charge in [0.25, 0.3) is 0 Å². The van der Waals surface area contributed by atoms with Crippen LogP contribution in [0.15, 0.2) is 37.6 Å². The summed E-state index contributed by atoms with van der Waals surface area (Å²) in [5, 5.41) is 84.9. The molecule has 19 amide bonds. The van der Waals surface area contributed by atoms with Gasteiger partial charge in [0.15, 0.2) is 11.9 Å². The highest BCUT2D eigenvalue weighted by molar-refractivity contribution is 6.02. The number of aromatic amines is 3. The van der Waals surface area contributed by atoms with Crippen LogP contribution in [0.4, 0.5) is 0 Å². The number of aliphatic hydroxyl groups is 1. The number of nitrogens with zero attached hydrogens (tertiary/aromatic N) is 3. The zero-order valence-electron chi connectivity index (χ0n) is 87.5. The first kappa shape index (κ1) is 128. The van der Waals surface area contributed by atoms with Gasteiger partial charge in [0.1, 0.15) is 96.7 Å². The third-order valence-electron chi connectivity index (χ3n) is 23.0. The Morgan fingerprint density at radius 3 is 0.865 bits per heavy atom. The first-order valence-corrected chi connectivity index (χ1v) is 49.8. The van der Waals surface area contributed by atoms with E-state index < -0.39 is 289 Å². The Balaban J connectivity index is 2.04. The molecule has 0 bridgehead atoms. The van der Waals surface area contributed by atoms with Crippen molar-refractivity contribution in [1.29, 1.82) is 10.8 Å². The lowest BCUT2D eigenvalue weighted by Gasteiger charge is -2.29. The molecular weight excluding hydrogens is 1930 g/mol. The number of amides is 19. The number of nitrogens with one attached hydrogen (secondary N) is 24. The number of carboxylic acids is 1. The minimum atomic E-state index is -2.03. The van der Waals surface area contributed by atoms with E-state index in [4.69, 9.17) is 39.5 Å². The molecule has 0 unspecified atom stereocenters. The van der Waals surface area contributed by atoms with Gasteiger partial charge in [-0.15, -0.1) is 0 Å². The van der Waals surface area contributed by atoms with Crippen LogP contribution >= 0.6 is 0 Å². The number of H-pyrrole nitrogens is 3. The van der Waals surface area contributed by atoms with Crippen molar-refractivity contribution in [2.45, 2.75) is 330 Å². The average Bonchev–Trinajstić information content (AvgIpc) is 1.38. The summed E-state index contributed by atoms with van der Waals surface area (Å²) in [5.74, 6) is -23.3. The first-order chi connectivity index (χ1) is 69.4. The molecule has 0 radical (unpaired) electrons. The zero-order valence-corrected chi connectivity index (χ0v) is 87.5. The van der Waals surface area contributed by atoms with E-state index in [0.29, 0.717) is 12.8 Å². The third kappa shape index (κ3) is 49.1. The number of imidazole rings is 3. The number of nitrogens with two attached hydrogens (primary N) is 5. The molecule has 0 aliphatic carbocycles. The second-order valence-electron chi connectivity index (χ2n) is 39.9. The molecule has 3 rings (SSSR count). The zero-order chi connectivity index (χ0) is 112. The lowest BCUT2D eigenvalue weighted by Crippen LogP contribution is -2.62. The molecule has 0 aromatic carbocycles. The molecular formula is C94H160N32O22. The van der Waals surface area contributed by atoms with Gasteiger partial charge >= 0.3 is 5.97 Å². The number of carboxylic acid groups (broad SMARTS) is 1. The Bertz CT molecular complexity index is 4860. The first-order valence-electron chi connectivity index (χ1n) is 49.8. The summed E-state index contributed by atoms with van der Waals surface area (Å²) in [6.07, 6.45) is 4.85. The Morgan fingerprint density at radius 1 is 0.324 bits per heavy atom. The van der Waals surface area contributed by atoms with E-state index in [1.165, 1.54) is 44.5 Å². The number of aliphatic hydroxyl groups excluding tert-OH is 1. The molecule has 0 fully saturated rings. The summed E-state index contributed by atoms with van der Waals surface area (Å²) in [7, 11) is 0. The van der Waals surface area contributed by atoms with Gasteiger partial charge in [-0.2, -0.15) is 0 Å². The van der Waals surface area contributed by atoms with Crippen molar-refractivity contribution in [3.63, 3.8) is 0 Å². The summed E-state index contributed by atoms with van der Waals surface area (Å²) in [4.78, 5) is 302. The van der Waals surface area contributed by atoms with Gasteiger partial charge in [0, 0.05) is 68.0 Å². The molecule has 3 heterocycles. The molecule has 0 saturated heterocycles. The summed E-state index contributed by atoms with van der Waals surface area (Å²) >= 11 is 0. The van der Waals surface area contributed by atoms with Gasteiger partial charge in [-0.25, -0.2) is 19.7 Å². The Morgan fingerprint density at radius 2 is 0.581 bits per heavy atom. The molecule has 0 saturated carbocycles. The molecule has 828 valence electrons. The number of carbonyl (C=O) groups is 20. The van der Waals surface area contributed by atoms with E-state index in [1.807, 2.05) is 27.7 Å². The van der Waals surface area contributed by atoms with Gasteiger partial charge in [-0.1, -0.05) is 117 Å². The van der Waals surface area contributed by atoms with E-state index in [1.54, 1.807) is 83.1 Å². The molecule has 0 spiro atoms. The number of hydrogen-bond donors (Lipinski definition) is 31. The quantitative estimate of drug-likeness (QED) is 0.0142. The fraction of sp³-hybridized carbons (Fsp3) is 0.670. The standard InChI is InChI=1S/C94H160N32O22/c1-18-52(16)75(92(147)148)126-90(145)70(36-73(97)129)115-76(131)53(17)111-80(135)61(27-47(6)7)116-84(139)65(31-51(14)15)120-89(144)69(35-72(96)128)124-91(146)71(41-127)125-88(143)68(34-56-39-104-44-110-56)123-87(142)67(33-55-38-103-43-109-55)122-79(134)59(22-20-24-106-94(100)101)114-83(138)63(29-49(10)11)119-86(141)66(32-54-37-102-42-108-54)121-78(133)58(21-19-23-105-93(98)99)113-82(137)62(28-48(8)9)118-85(140)64(30-50(12)13)117-81(136)60(26-46(4)5)112-74(130)40-107-77(132)57(95)25-45(2)3/h37-39,42-53,57-71,75,127H,18-36,40-41,95H2,1-17H3,(H2,96,128)(H2,97,129)(H,102,108)(H,103,109)(H,104,110)(H,107,132)(H,111,135)(H,112,130)(H,113,137)(H,114,138)(H,115,131)(H,116,139)(H,117,136)(H,118,140)(H,119,141)(H,120,144)(H,121,133)(H,122,134)(H,123,142)(H,124,146)(H,125,143)(H,126,145)(H,147,148)(H4,98,99,105)(H4,100,101,106)/t52-,53-,57-,58-,59-,60-,61-,62-,63-,64-,65-,66-,67-,68-,69-,70-,71-,75-/m0/s1. The van der Waals surface area contributed by atoms with Crippen LogP contribution < -0.4 is 130 Å². The maximum atomic E-state index is 15.2. The molecule has 36 N–H and O–H groups in total. The van der Waals surface area contributed by atoms with Gasteiger partial charge in [0.2, 0.25) is 112 Å². The highest BCUT2D eigenvalue weighted by Gasteiger charge is 2.42. The maximum Gasteiger partial charge on any atom is 0.326 e. The summed E-state index contributed by atoms with van der Waals surface area (Å²) in [6.45, 7) is 27.4. The van der Waals surface area contributed by atoms with Crippen LogP contribution in [0.5, 0.6) is 0 Å². The lowest BCUT2D eigenvalue weighted by molar-refractivity contribution is -0.144. The maximum absolute atomic E-state index is 15.2. The monoisotopic (exact) mass is 2090 g/mol. The molecule has 3 aromatic heterocycles. The molecule has 54 heteroatoms. The number of carbonyl (C=O) groups excluding carboxylic acids is 19. The summed E-state index contributed by atoms with van der Waals surface area (Å²) < 4.78 is 0. The van der Waals surface area contributed by atoms with Crippen LogP contribution in [-0.4, -0.2) is 299 Å². The molecule has 148 heavy (non-hydrogen) atoms. The Kier molecular flexibility index (Phi) is 56.2. The van der Waals surface area contributed by atoms with Gasteiger partial charge in [-0.3, -0.25) is 102 Å². The number of guanidine groups is 2. The predicted molar refractivity (Wildman–Crippen MR) is 541 cm³/mol. The Hall–Kier alpha value is -14.5. The van der Waals surface area contributed by atoms with Crippen molar-refractivity contribution in [2.75, 3.05) is 26.2 Å². The van der Waals surface area contributed by atoms with Crippen LogP contribution in [0.1, 0.15) is 225 Å². The second-order valence-corrected chi connectivity index (χ2v) is 39.9. The molecule has 0 aliphatic rings. The van der Waals surface area contributed by atoms with Crippen LogP contribution in [-0.2, 0) is 115 Å². The normalized spacial score (nSPS) is 15.0. The number of aromatic nitrogens is 6. The lowest BCUT2D eigenvalue weighted by atomic mass is 9.98. The van der Waals surface area contributed by atoms with E-state index in [-0.39, 0.29) is 130 Å². The SMILES string of the molecule is CC[C@H](C)[C@H](NC(=O)[C@H](CC(N)=O)NC(=O)[C@H](C)NC(=O)[C@H](CC(C)C)NC(=O)[C@H](CC(C)C)NC(=O)[C@H](CC(N)=O)NC(=O)[C@H](CO)NC(=O)[C@H](Cc1cnc[nH]1)NC(=O)[C@H](Cc1cnc[nH]1)NC(=O)[C@H](CCCNC(=N)N)NC(=O)[C@H](CC(C)C)NC(=O)[C@H](Cc1cnc[nH]1)NC(=O)[C@H](CCCNC(=N)N)NC(=O)[C@H](CC(C)C)NC(=O)[C@H](CC(C)C)NC(=O)[C@H](CC(C)C)NC(=O)CNC(=O)[C@@H](N)CC(C)C)C(=O)O. The largest absolute Gasteiger partial charge is 0.480 e. The molecule has 18 atom stereocenters. The van der Waals surface area contributed by atoms with Crippen molar-refractivity contribution < 1.29 is 106 Å². The van der Waals surface area contributed by atoms with Crippen LogP contribution in [0.2, 0.25) is 0 Å². The van der Waals surface area contributed by atoms with Crippen LogP contribution in [0.25, 0.3) is 0 Å². The minimum Gasteiger partial charge on any atom is -0.480 e. The molecule has 0 aliphatic heterocycles. The van der Waals surface area contributed by atoms with Crippen molar-refractivity contribution in [1.82, 2.24) is 131 Å². The highest BCUT2D eigenvalue weighted by Crippen LogP contribution is 2.19. The number of aliphatic carboxylic acids is 1. The average molecular weight is 2090 g/mol. The van der Waals surface area contributed by atoms with E-state index in [9.17, 15) is 82.1 Å². The second kappa shape index (κ2) is 65.2. The van der Waals surface area contributed by atoms with Crippen molar-refractivity contribution in [3.8, 4) is 0 Å². The molecule has 3 aromatic rings. The molecule has 54 nitrogen and oxygen atoms in total. The predicted octanol–water partition coefficient (Wildman–Crippen LogP) is -6.17. The van der Waals surface area contributed by atoms with Crippen molar-refractivity contribution in [3.05, 3.63) is 54.7 Å². The number of hydrogen-bond acceptors (Lipinski definition) is 27. The van der Waals surface area contributed by atoms with Crippen LogP contribution in [0.3, 0.4) is 0 Å². The number of rotatable bonds is 70. The number of primary amides is 2. The minimum absolute atomic E-state index is 0.00668. The smallest absolute Gasteiger partial charge is 0.326 e. The summed E-state index contributed by atoms with van der Waals surface area (Å²) in [5.41, 5.74) is 29.0. The fourth-order valence-electron chi connectivity index (χ4n) is 15.3. The fourth-order valence-corrected chi connectivity index (χ4v) is 15.3. The van der Waals surface area contributed by atoms with Crippen molar-refractivity contribution >= 4 is 130 Å². The third-order valence-corrected chi connectivity index (χ3v) is 23.0. The van der Waals surface area contributed by atoms with Gasteiger partial charge in [0.05, 0.1) is 51.0 Å². The van der Waals surface area contributed by atoms with E-state index >= 15 is 24.0 Å². The highest BCUT2D eigenvalue weighted by atomic mass is 16.4. The van der Waals surface area contributed by atoms with Gasteiger partial charge in [-0.05, 0) is 125 Å². The summed E-state index contributed by atoms with van der Waals surface area (Å²) in [6, 6.07) is -26.1. The van der Waals surface area contributed by atoms with E-state index in [0.717, 1.165) is 0 Å². The van der Waals surface area contributed by atoms with Crippen molar-refractivity contribution in [2.24, 2.45) is 76.0 Å². The van der Waals surface area contributed by atoms with Gasteiger partial charge < -0.3 is 155 Å².